The van der Waals surface area contributed by atoms with E-state index >= 15 is 0 Å². The van der Waals surface area contributed by atoms with E-state index in [-0.39, 0.29) is 0 Å². The quantitative estimate of drug-likeness (QED) is 0.730. The number of para-hydroxylation sites is 1. The topological polar surface area (TPSA) is 24.1 Å². The molecule has 0 saturated heterocycles. The van der Waals surface area contributed by atoms with Crippen molar-refractivity contribution in [2.75, 3.05) is 18.4 Å². The second-order valence-corrected chi connectivity index (χ2v) is 4.04. The number of nitrogens with one attached hydrogen (secondary N) is 2. The maximum Gasteiger partial charge on any atom is 0.0637 e. The van der Waals surface area contributed by atoms with Crippen molar-refractivity contribution in [1.29, 1.82) is 0 Å². The molecule has 0 aliphatic heterocycles. The molecule has 3 heteroatoms. The first-order chi connectivity index (χ1) is 6.86. The van der Waals surface area contributed by atoms with Crippen molar-refractivity contribution in [2.45, 2.75) is 18.9 Å². The van der Waals surface area contributed by atoms with Crippen molar-refractivity contribution < 1.29 is 0 Å². The molecule has 14 heavy (non-hydrogen) atoms. The van der Waals surface area contributed by atoms with Crippen LogP contribution < -0.4 is 10.6 Å². The van der Waals surface area contributed by atoms with Crippen LogP contribution in [0.5, 0.6) is 0 Å². The van der Waals surface area contributed by atoms with Gasteiger partial charge in [-0.15, -0.1) is 0 Å². The van der Waals surface area contributed by atoms with Crippen molar-refractivity contribution in [2.24, 2.45) is 0 Å². The third-order valence-corrected chi connectivity index (χ3v) is 2.65. The van der Waals surface area contributed by atoms with E-state index in [1.807, 2.05) is 24.3 Å². The Bertz CT molecular complexity index is 297. The Labute approximate surface area is 89.7 Å². The van der Waals surface area contributed by atoms with Crippen molar-refractivity contribution >= 4 is 17.3 Å². The Morgan fingerprint density at radius 1 is 1.21 bits per heavy atom. The minimum atomic E-state index is 0.781. The lowest BCUT2D eigenvalue weighted by atomic mass is 10.3. The number of hydrogen-bond acceptors (Lipinski definition) is 2. The van der Waals surface area contributed by atoms with Crippen LogP contribution in [-0.4, -0.2) is 19.1 Å². The molecule has 1 aromatic rings. The summed E-state index contributed by atoms with van der Waals surface area (Å²) in [5, 5.41) is 7.53. The predicted octanol–water partition coefficient (Wildman–Crippen LogP) is 2.50. The fourth-order valence-electron chi connectivity index (χ4n) is 1.37. The SMILES string of the molecule is Clc1ccccc1NCCNC1CC1. The van der Waals surface area contributed by atoms with Crippen LogP contribution in [0.3, 0.4) is 0 Å². The molecule has 1 fully saturated rings. The van der Waals surface area contributed by atoms with Gasteiger partial charge in [-0.05, 0) is 25.0 Å². The normalized spacial score (nSPS) is 15.5. The van der Waals surface area contributed by atoms with Crippen LogP contribution in [0.4, 0.5) is 5.69 Å². The number of rotatable bonds is 5. The molecule has 76 valence electrons. The highest BCUT2D eigenvalue weighted by Crippen LogP contribution is 2.20. The average molecular weight is 211 g/mol. The fourth-order valence-corrected chi connectivity index (χ4v) is 1.57. The predicted molar refractivity (Wildman–Crippen MR) is 61.0 cm³/mol. The molecule has 0 heterocycles. The lowest BCUT2D eigenvalue weighted by Crippen LogP contribution is -2.23. The van der Waals surface area contributed by atoms with Crippen molar-refractivity contribution in [1.82, 2.24) is 5.32 Å². The summed E-state index contributed by atoms with van der Waals surface area (Å²) in [4.78, 5) is 0. The van der Waals surface area contributed by atoms with Gasteiger partial charge in [0.25, 0.3) is 0 Å². The van der Waals surface area contributed by atoms with Gasteiger partial charge in [0.2, 0.25) is 0 Å². The molecule has 0 spiro atoms. The van der Waals surface area contributed by atoms with E-state index in [4.69, 9.17) is 11.6 Å². The maximum atomic E-state index is 6.00. The molecular weight excluding hydrogens is 196 g/mol. The minimum Gasteiger partial charge on any atom is -0.383 e. The summed E-state index contributed by atoms with van der Waals surface area (Å²) in [5.41, 5.74) is 1.02. The third-order valence-electron chi connectivity index (χ3n) is 2.32. The number of benzene rings is 1. The average Bonchev–Trinajstić information content (AvgIpc) is 2.99. The van der Waals surface area contributed by atoms with Gasteiger partial charge in [0.1, 0.15) is 0 Å². The van der Waals surface area contributed by atoms with Crippen LogP contribution in [-0.2, 0) is 0 Å². The highest BCUT2D eigenvalue weighted by Gasteiger charge is 2.19. The molecular formula is C11H15ClN2. The first-order valence-corrected chi connectivity index (χ1v) is 5.46. The van der Waals surface area contributed by atoms with Gasteiger partial charge in [-0.2, -0.15) is 0 Å². The Hall–Kier alpha value is -0.730. The fraction of sp³-hybridized carbons (Fsp3) is 0.455. The second kappa shape index (κ2) is 4.67. The van der Waals surface area contributed by atoms with Gasteiger partial charge >= 0.3 is 0 Å². The van der Waals surface area contributed by atoms with Gasteiger partial charge in [0.15, 0.2) is 0 Å². The highest BCUT2D eigenvalue weighted by molar-refractivity contribution is 6.33. The third kappa shape index (κ3) is 2.89. The van der Waals surface area contributed by atoms with Crippen molar-refractivity contribution in [3.63, 3.8) is 0 Å². The Balaban J connectivity index is 1.71. The lowest BCUT2D eigenvalue weighted by molar-refractivity contribution is 0.701. The Morgan fingerprint density at radius 2 is 2.00 bits per heavy atom. The van der Waals surface area contributed by atoms with Gasteiger partial charge in [-0.3, -0.25) is 0 Å². The van der Waals surface area contributed by atoms with E-state index in [9.17, 15) is 0 Å². The molecule has 1 saturated carbocycles. The summed E-state index contributed by atoms with van der Waals surface area (Å²) < 4.78 is 0. The van der Waals surface area contributed by atoms with Gasteiger partial charge in [-0.25, -0.2) is 0 Å². The lowest BCUT2D eigenvalue weighted by Gasteiger charge is -2.08. The maximum absolute atomic E-state index is 6.00. The van der Waals surface area contributed by atoms with Crippen LogP contribution >= 0.6 is 11.6 Å². The first kappa shape index (κ1) is 9.81. The molecule has 0 aromatic heterocycles. The van der Waals surface area contributed by atoms with Crippen LogP contribution in [0.2, 0.25) is 5.02 Å². The standard InChI is InChI=1S/C11H15ClN2/c12-10-3-1-2-4-11(10)14-8-7-13-9-5-6-9/h1-4,9,13-14H,5-8H2. The minimum absolute atomic E-state index is 0.781. The number of halogens is 1. The molecule has 2 nitrogen and oxygen atoms in total. The van der Waals surface area contributed by atoms with Crippen LogP contribution in [0, 0.1) is 0 Å². The second-order valence-electron chi connectivity index (χ2n) is 3.64. The van der Waals surface area contributed by atoms with Crippen molar-refractivity contribution in [3.8, 4) is 0 Å². The summed E-state index contributed by atoms with van der Waals surface area (Å²) in [6, 6.07) is 8.61. The van der Waals surface area contributed by atoms with Crippen LogP contribution in [0.15, 0.2) is 24.3 Å². The molecule has 0 amide bonds. The zero-order valence-corrected chi connectivity index (χ0v) is 8.85. The largest absolute Gasteiger partial charge is 0.383 e. The van der Waals surface area contributed by atoms with Gasteiger partial charge in [-0.1, -0.05) is 23.7 Å². The molecule has 1 aliphatic carbocycles. The summed E-state index contributed by atoms with van der Waals surface area (Å²) >= 11 is 6.00. The molecule has 1 aromatic carbocycles. The number of hydrogen-bond donors (Lipinski definition) is 2. The molecule has 0 unspecified atom stereocenters. The van der Waals surface area contributed by atoms with Crippen LogP contribution in [0.25, 0.3) is 0 Å². The molecule has 0 atom stereocenters. The monoisotopic (exact) mass is 210 g/mol. The van der Waals surface area contributed by atoms with Crippen molar-refractivity contribution in [3.05, 3.63) is 29.3 Å². The van der Waals surface area contributed by atoms with Gasteiger partial charge in [0.05, 0.1) is 10.7 Å². The zero-order chi connectivity index (χ0) is 9.80. The number of anilines is 1. The van der Waals surface area contributed by atoms with E-state index < -0.39 is 0 Å². The summed E-state index contributed by atoms with van der Waals surface area (Å²) in [6.07, 6.45) is 2.68. The molecule has 1 aliphatic rings. The summed E-state index contributed by atoms with van der Waals surface area (Å²) in [6.45, 7) is 1.94. The molecule has 0 radical (unpaired) electrons. The molecule has 2 rings (SSSR count). The van der Waals surface area contributed by atoms with Gasteiger partial charge < -0.3 is 10.6 Å². The van der Waals surface area contributed by atoms with Crippen LogP contribution in [0.1, 0.15) is 12.8 Å². The summed E-state index contributed by atoms with van der Waals surface area (Å²) in [7, 11) is 0. The van der Waals surface area contributed by atoms with Gasteiger partial charge in [0, 0.05) is 19.1 Å². The smallest absolute Gasteiger partial charge is 0.0637 e. The van der Waals surface area contributed by atoms with E-state index in [1.54, 1.807) is 0 Å². The Morgan fingerprint density at radius 3 is 2.71 bits per heavy atom. The molecule has 2 N–H and O–H groups in total. The molecule has 0 bridgehead atoms. The highest BCUT2D eigenvalue weighted by atomic mass is 35.5. The zero-order valence-electron chi connectivity index (χ0n) is 8.09. The van der Waals surface area contributed by atoms with E-state index in [1.165, 1.54) is 12.8 Å². The first-order valence-electron chi connectivity index (χ1n) is 5.08. The Kier molecular flexibility index (Phi) is 3.27. The van der Waals surface area contributed by atoms with E-state index in [0.717, 1.165) is 29.8 Å². The van der Waals surface area contributed by atoms with E-state index in [2.05, 4.69) is 10.6 Å². The van der Waals surface area contributed by atoms with E-state index in [0.29, 0.717) is 0 Å². The summed E-state index contributed by atoms with van der Waals surface area (Å²) in [5.74, 6) is 0.